The number of pyridine rings is 1. The number of primary amides is 1. The zero-order chi connectivity index (χ0) is 23.7. The predicted molar refractivity (Wildman–Crippen MR) is 133 cm³/mol. The fourth-order valence-corrected chi connectivity index (χ4v) is 5.42. The first-order valence-electron chi connectivity index (χ1n) is 12.1. The number of nitrogens with two attached hydrogens (primary N) is 1. The molecular weight excluding hydrogens is 428 g/mol. The Hall–Kier alpha value is -3.39. The van der Waals surface area contributed by atoms with Crippen molar-refractivity contribution in [2.75, 3.05) is 42.9 Å². The molecule has 2 bridgehead atoms. The molecule has 3 saturated heterocycles. The van der Waals surface area contributed by atoms with Gasteiger partial charge < -0.3 is 25.8 Å². The summed E-state index contributed by atoms with van der Waals surface area (Å²) in [4.78, 5) is 35.5. The molecule has 178 valence electrons. The van der Waals surface area contributed by atoms with Crippen LogP contribution in [0.25, 0.3) is 0 Å². The number of fused-ring (bicyclic) bond motifs is 2. The molecule has 1 aromatic heterocycles. The number of hydrogen-bond acceptors (Lipinski definition) is 6. The van der Waals surface area contributed by atoms with Gasteiger partial charge in [0.1, 0.15) is 11.6 Å². The maximum Gasteiger partial charge on any atom is 0.252 e. The number of hydrogen-bond donors (Lipinski definition) is 2. The minimum absolute atomic E-state index is 0.0181. The van der Waals surface area contributed by atoms with E-state index in [0.717, 1.165) is 37.4 Å². The Morgan fingerprint density at radius 1 is 1.09 bits per heavy atom. The second kappa shape index (κ2) is 9.46. The Morgan fingerprint density at radius 2 is 1.85 bits per heavy atom. The first kappa shape index (κ1) is 22.4. The number of piperazine rings is 1. The third-order valence-corrected chi connectivity index (χ3v) is 7.27. The van der Waals surface area contributed by atoms with Crippen LogP contribution in [0.15, 0.2) is 49.1 Å². The number of nitrogens with zero attached hydrogens (tertiary/aromatic N) is 4. The molecule has 2 aromatic rings. The van der Waals surface area contributed by atoms with E-state index >= 15 is 0 Å². The van der Waals surface area contributed by atoms with Crippen molar-refractivity contribution < 1.29 is 9.59 Å². The van der Waals surface area contributed by atoms with Gasteiger partial charge >= 0.3 is 0 Å². The number of amides is 2. The van der Waals surface area contributed by atoms with Gasteiger partial charge in [-0.3, -0.25) is 9.59 Å². The standard InChI is InChI=1S/C26H32N6O2/c1-2-24(33)32-17-20-15-21(32)16-31(20)23-10-9-22(25(27)34)26(29-23)28-19-7-5-18(6-8-19)11-14-30-12-3-4-13-30/h2,5-10,20-21H,1,3-4,11-17H2,(H2,27,34)(H,28,29)/t20-,21-/m0/s1. The van der Waals surface area contributed by atoms with E-state index in [1.54, 1.807) is 6.07 Å². The molecule has 0 spiro atoms. The average molecular weight is 461 g/mol. The molecule has 0 radical (unpaired) electrons. The zero-order valence-electron chi connectivity index (χ0n) is 19.4. The fourth-order valence-electron chi connectivity index (χ4n) is 5.42. The molecule has 8 nitrogen and oxygen atoms in total. The zero-order valence-corrected chi connectivity index (χ0v) is 19.4. The fraction of sp³-hybridized carbons (Fsp3) is 0.423. The van der Waals surface area contributed by atoms with Crippen molar-refractivity contribution in [2.24, 2.45) is 5.73 Å². The van der Waals surface area contributed by atoms with Gasteiger partial charge in [0, 0.05) is 25.3 Å². The molecule has 3 N–H and O–H groups in total. The highest BCUT2D eigenvalue weighted by atomic mass is 16.2. The molecule has 3 fully saturated rings. The van der Waals surface area contributed by atoms with Gasteiger partial charge in [-0.15, -0.1) is 0 Å². The Kier molecular flexibility index (Phi) is 6.24. The van der Waals surface area contributed by atoms with Crippen molar-refractivity contribution in [1.29, 1.82) is 0 Å². The predicted octanol–water partition coefficient (Wildman–Crippen LogP) is 2.54. The molecule has 0 saturated carbocycles. The summed E-state index contributed by atoms with van der Waals surface area (Å²) in [6.07, 6.45) is 5.94. The molecule has 4 heterocycles. The largest absolute Gasteiger partial charge is 0.365 e. The number of carbonyl (C=O) groups excluding carboxylic acids is 2. The van der Waals surface area contributed by atoms with E-state index in [9.17, 15) is 9.59 Å². The lowest BCUT2D eigenvalue weighted by Gasteiger charge is -2.34. The number of likely N-dealkylation sites (tertiary alicyclic amines) is 2. The van der Waals surface area contributed by atoms with E-state index in [1.165, 1.54) is 37.6 Å². The monoisotopic (exact) mass is 460 g/mol. The summed E-state index contributed by atoms with van der Waals surface area (Å²) in [7, 11) is 0. The van der Waals surface area contributed by atoms with Crippen LogP contribution in [0, 0.1) is 0 Å². The van der Waals surface area contributed by atoms with Crippen molar-refractivity contribution in [3.05, 3.63) is 60.2 Å². The molecule has 3 aliphatic rings. The SMILES string of the molecule is C=CC(=O)N1C[C@@H]2C[C@H]1CN2c1ccc(C(N)=O)c(Nc2ccc(CCN3CCCC3)cc2)n1. The van der Waals surface area contributed by atoms with Crippen LogP contribution in [-0.4, -0.2) is 71.4 Å². The number of nitrogens with one attached hydrogen (secondary N) is 1. The molecule has 0 aliphatic carbocycles. The molecule has 1 aromatic carbocycles. The van der Waals surface area contributed by atoms with Gasteiger partial charge in [-0.05, 0) is 74.7 Å². The maximum absolute atomic E-state index is 12.1. The van der Waals surface area contributed by atoms with E-state index in [2.05, 4.69) is 33.8 Å². The molecule has 0 unspecified atom stereocenters. The Balaban J connectivity index is 1.29. The van der Waals surface area contributed by atoms with E-state index in [4.69, 9.17) is 10.7 Å². The number of anilines is 3. The summed E-state index contributed by atoms with van der Waals surface area (Å²) in [5.41, 5.74) is 8.14. The smallest absolute Gasteiger partial charge is 0.252 e. The summed E-state index contributed by atoms with van der Waals surface area (Å²) in [6.45, 7) is 8.50. The van der Waals surface area contributed by atoms with Crippen molar-refractivity contribution >= 4 is 29.1 Å². The lowest BCUT2D eigenvalue weighted by atomic mass is 10.1. The van der Waals surface area contributed by atoms with Crippen LogP contribution in [0.4, 0.5) is 17.3 Å². The van der Waals surface area contributed by atoms with Crippen LogP contribution in [0.3, 0.4) is 0 Å². The van der Waals surface area contributed by atoms with E-state index < -0.39 is 5.91 Å². The van der Waals surface area contributed by atoms with Crippen LogP contribution in [0.1, 0.15) is 35.2 Å². The van der Waals surface area contributed by atoms with Gasteiger partial charge in [-0.25, -0.2) is 4.98 Å². The number of aromatic nitrogens is 1. The molecule has 34 heavy (non-hydrogen) atoms. The second-order valence-corrected chi connectivity index (χ2v) is 9.44. The van der Waals surface area contributed by atoms with Gasteiger partial charge in [-0.1, -0.05) is 18.7 Å². The van der Waals surface area contributed by atoms with Crippen LogP contribution >= 0.6 is 0 Å². The van der Waals surface area contributed by atoms with E-state index in [1.807, 2.05) is 23.1 Å². The summed E-state index contributed by atoms with van der Waals surface area (Å²) >= 11 is 0. The Bertz CT molecular complexity index is 1080. The molecule has 2 amide bonds. The molecular formula is C26H32N6O2. The number of rotatable bonds is 8. The summed E-state index contributed by atoms with van der Waals surface area (Å²) in [6, 6.07) is 12.2. The quantitative estimate of drug-likeness (QED) is 0.588. The third-order valence-electron chi connectivity index (χ3n) is 7.27. The van der Waals surface area contributed by atoms with Crippen LogP contribution < -0.4 is 16.0 Å². The van der Waals surface area contributed by atoms with Crippen LogP contribution in [0.5, 0.6) is 0 Å². The minimum atomic E-state index is -0.519. The van der Waals surface area contributed by atoms with Gasteiger partial charge in [0.15, 0.2) is 0 Å². The lowest BCUT2D eigenvalue weighted by Crippen LogP contribution is -2.48. The van der Waals surface area contributed by atoms with Gasteiger partial charge in [0.05, 0.1) is 17.6 Å². The topological polar surface area (TPSA) is 94.8 Å². The molecule has 5 rings (SSSR count). The highest BCUT2D eigenvalue weighted by molar-refractivity contribution is 5.98. The third kappa shape index (κ3) is 4.50. The highest BCUT2D eigenvalue weighted by Crippen LogP contribution is 2.35. The minimum Gasteiger partial charge on any atom is -0.365 e. The highest BCUT2D eigenvalue weighted by Gasteiger charge is 2.45. The van der Waals surface area contributed by atoms with Gasteiger partial charge in [-0.2, -0.15) is 0 Å². The summed E-state index contributed by atoms with van der Waals surface area (Å²) in [5, 5.41) is 3.30. The Morgan fingerprint density at radius 3 is 2.50 bits per heavy atom. The van der Waals surface area contributed by atoms with E-state index in [0.29, 0.717) is 17.9 Å². The average Bonchev–Trinajstić information content (AvgIpc) is 3.60. The summed E-state index contributed by atoms with van der Waals surface area (Å²) < 4.78 is 0. The summed E-state index contributed by atoms with van der Waals surface area (Å²) in [5.74, 6) is 0.703. The number of benzene rings is 1. The van der Waals surface area contributed by atoms with Gasteiger partial charge in [0.2, 0.25) is 5.91 Å². The van der Waals surface area contributed by atoms with E-state index in [-0.39, 0.29) is 18.0 Å². The normalized spacial score (nSPS) is 21.8. The van der Waals surface area contributed by atoms with Crippen molar-refractivity contribution in [2.45, 2.75) is 37.8 Å². The molecule has 3 aliphatic heterocycles. The first-order chi connectivity index (χ1) is 16.5. The number of carbonyl (C=O) groups is 2. The molecule has 8 heteroatoms. The van der Waals surface area contributed by atoms with Crippen molar-refractivity contribution in [1.82, 2.24) is 14.8 Å². The second-order valence-electron chi connectivity index (χ2n) is 9.44. The Labute approximate surface area is 200 Å². The van der Waals surface area contributed by atoms with Gasteiger partial charge in [0.25, 0.3) is 5.91 Å². The molecule has 2 atom stereocenters. The van der Waals surface area contributed by atoms with Crippen LogP contribution in [-0.2, 0) is 11.2 Å². The lowest BCUT2D eigenvalue weighted by molar-refractivity contribution is -0.127. The van der Waals surface area contributed by atoms with Crippen LogP contribution in [0.2, 0.25) is 0 Å². The van der Waals surface area contributed by atoms with Crippen molar-refractivity contribution in [3.8, 4) is 0 Å². The van der Waals surface area contributed by atoms with Crippen molar-refractivity contribution in [3.63, 3.8) is 0 Å². The first-order valence-corrected chi connectivity index (χ1v) is 12.1. The maximum atomic E-state index is 12.1.